The molecule has 0 bridgehead atoms. The molecule has 6 aromatic carbocycles. The van der Waals surface area contributed by atoms with Gasteiger partial charge >= 0.3 is 0 Å². The summed E-state index contributed by atoms with van der Waals surface area (Å²) in [5.41, 5.74) is 14.7. The molecule has 202 valence electrons. The van der Waals surface area contributed by atoms with E-state index in [1.807, 2.05) is 60.7 Å². The van der Waals surface area contributed by atoms with E-state index in [1.54, 1.807) is 0 Å². The second kappa shape index (κ2) is 10.3. The lowest BCUT2D eigenvalue weighted by molar-refractivity contribution is 0.661. The SMILES string of the molecule is CC1(C)c2cc(-c3ccc(C#N)cc3)ccc2-c2ccc(-c3cc(-c4ccccc4)c(C#N)c(-c4ccccc4)c3)cc21. The average molecular weight is 549 g/mol. The molecule has 0 heterocycles. The third kappa shape index (κ3) is 4.42. The predicted octanol–water partition coefficient (Wildman–Crippen LogP) is 10.4. The van der Waals surface area contributed by atoms with Crippen molar-refractivity contribution in [1.29, 1.82) is 10.5 Å². The number of rotatable bonds is 4. The fourth-order valence-corrected chi connectivity index (χ4v) is 6.45. The van der Waals surface area contributed by atoms with Gasteiger partial charge in [-0.05, 0) is 92.0 Å². The Kier molecular flexibility index (Phi) is 6.27. The first-order valence-corrected chi connectivity index (χ1v) is 14.5. The smallest absolute Gasteiger partial charge is 0.100 e. The largest absolute Gasteiger partial charge is 0.192 e. The number of benzene rings is 6. The zero-order valence-electron chi connectivity index (χ0n) is 24.1. The highest BCUT2D eigenvalue weighted by molar-refractivity contribution is 5.90. The molecule has 43 heavy (non-hydrogen) atoms. The summed E-state index contributed by atoms with van der Waals surface area (Å²) in [4.78, 5) is 0. The molecule has 0 saturated carbocycles. The molecule has 0 aromatic heterocycles. The van der Waals surface area contributed by atoms with Crippen LogP contribution in [-0.4, -0.2) is 0 Å². The van der Waals surface area contributed by atoms with E-state index in [2.05, 4.69) is 98.8 Å². The minimum absolute atomic E-state index is 0.194. The van der Waals surface area contributed by atoms with Crippen LogP contribution in [0.15, 0.2) is 133 Å². The van der Waals surface area contributed by atoms with Gasteiger partial charge in [0.25, 0.3) is 0 Å². The van der Waals surface area contributed by atoms with Gasteiger partial charge in [0.15, 0.2) is 0 Å². The van der Waals surface area contributed by atoms with Gasteiger partial charge in [0.05, 0.1) is 17.2 Å². The quantitative estimate of drug-likeness (QED) is 0.220. The Labute approximate surface area is 252 Å². The van der Waals surface area contributed by atoms with Crippen LogP contribution in [-0.2, 0) is 5.41 Å². The molecule has 2 heteroatoms. The summed E-state index contributed by atoms with van der Waals surface area (Å²) < 4.78 is 0. The molecule has 7 rings (SSSR count). The molecule has 0 N–H and O–H groups in total. The second-order valence-corrected chi connectivity index (χ2v) is 11.6. The standard InChI is InChI=1S/C41H28N2/c1-41(2)39-23-31(28-15-13-27(25-42)14-16-28)17-19-34(39)35-20-18-32(24-40(35)41)33-21-36(29-9-5-3-6-10-29)38(26-43)37(22-33)30-11-7-4-8-12-30/h3-24H,1-2H3. The summed E-state index contributed by atoms with van der Waals surface area (Å²) in [6.07, 6.45) is 0. The average Bonchev–Trinajstić information content (AvgIpc) is 3.30. The Hall–Kier alpha value is -5.70. The predicted molar refractivity (Wildman–Crippen MR) is 175 cm³/mol. The van der Waals surface area contributed by atoms with Crippen LogP contribution in [0.2, 0.25) is 0 Å². The molecule has 0 unspecified atom stereocenters. The first kappa shape index (κ1) is 26.2. The molecule has 0 saturated heterocycles. The van der Waals surface area contributed by atoms with E-state index in [9.17, 15) is 10.5 Å². The van der Waals surface area contributed by atoms with E-state index in [1.165, 1.54) is 22.3 Å². The molecular weight excluding hydrogens is 520 g/mol. The van der Waals surface area contributed by atoms with Crippen molar-refractivity contribution in [2.45, 2.75) is 19.3 Å². The normalized spacial score (nSPS) is 12.6. The summed E-state index contributed by atoms with van der Waals surface area (Å²) in [6.45, 7) is 4.60. The molecule has 0 fully saturated rings. The Balaban J connectivity index is 1.37. The maximum absolute atomic E-state index is 10.3. The summed E-state index contributed by atoms with van der Waals surface area (Å²) >= 11 is 0. The number of nitrogens with zero attached hydrogens (tertiary/aromatic N) is 2. The topological polar surface area (TPSA) is 47.6 Å². The van der Waals surface area contributed by atoms with Crippen molar-refractivity contribution in [3.63, 3.8) is 0 Å². The fraction of sp³-hybridized carbons (Fsp3) is 0.0732. The van der Waals surface area contributed by atoms with Gasteiger partial charge in [-0.15, -0.1) is 0 Å². The highest BCUT2D eigenvalue weighted by Gasteiger charge is 2.36. The zero-order chi connectivity index (χ0) is 29.6. The van der Waals surface area contributed by atoms with Gasteiger partial charge in [0.1, 0.15) is 6.07 Å². The lowest BCUT2D eigenvalue weighted by Gasteiger charge is -2.23. The van der Waals surface area contributed by atoms with Gasteiger partial charge in [0, 0.05) is 16.5 Å². The van der Waals surface area contributed by atoms with Gasteiger partial charge in [-0.3, -0.25) is 0 Å². The van der Waals surface area contributed by atoms with E-state index < -0.39 is 0 Å². The van der Waals surface area contributed by atoms with E-state index in [-0.39, 0.29) is 5.41 Å². The second-order valence-electron chi connectivity index (χ2n) is 11.6. The van der Waals surface area contributed by atoms with Crippen LogP contribution < -0.4 is 0 Å². The Morgan fingerprint density at radius 3 is 1.35 bits per heavy atom. The van der Waals surface area contributed by atoms with Crippen LogP contribution in [0.5, 0.6) is 0 Å². The van der Waals surface area contributed by atoms with Gasteiger partial charge in [-0.1, -0.05) is 111 Å². The molecule has 1 aliphatic rings. The lowest BCUT2D eigenvalue weighted by Crippen LogP contribution is -2.15. The number of nitriles is 2. The molecule has 2 nitrogen and oxygen atoms in total. The lowest BCUT2D eigenvalue weighted by atomic mass is 9.80. The third-order valence-corrected chi connectivity index (χ3v) is 8.78. The highest BCUT2D eigenvalue weighted by atomic mass is 14.4. The van der Waals surface area contributed by atoms with Crippen LogP contribution >= 0.6 is 0 Å². The summed E-state index contributed by atoms with van der Waals surface area (Å²) in [7, 11) is 0. The van der Waals surface area contributed by atoms with Crippen LogP contribution in [0.4, 0.5) is 0 Å². The number of hydrogen-bond donors (Lipinski definition) is 0. The zero-order valence-corrected chi connectivity index (χ0v) is 24.1. The van der Waals surface area contributed by atoms with Crippen molar-refractivity contribution in [3.05, 3.63) is 156 Å². The minimum Gasteiger partial charge on any atom is -0.192 e. The van der Waals surface area contributed by atoms with Crippen LogP contribution in [0, 0.1) is 22.7 Å². The van der Waals surface area contributed by atoms with Gasteiger partial charge in [0.2, 0.25) is 0 Å². The number of fused-ring (bicyclic) bond motifs is 3. The summed E-state index contributed by atoms with van der Waals surface area (Å²) in [6, 6.07) is 50.7. The van der Waals surface area contributed by atoms with Crippen LogP contribution in [0.3, 0.4) is 0 Å². The van der Waals surface area contributed by atoms with E-state index >= 15 is 0 Å². The monoisotopic (exact) mass is 548 g/mol. The van der Waals surface area contributed by atoms with Crippen LogP contribution in [0.25, 0.3) is 55.6 Å². The third-order valence-electron chi connectivity index (χ3n) is 8.78. The minimum atomic E-state index is -0.194. The van der Waals surface area contributed by atoms with E-state index in [4.69, 9.17) is 0 Å². The molecule has 6 aromatic rings. The van der Waals surface area contributed by atoms with Gasteiger partial charge < -0.3 is 0 Å². The molecule has 0 atom stereocenters. The summed E-state index contributed by atoms with van der Waals surface area (Å²) in [5.74, 6) is 0. The van der Waals surface area contributed by atoms with E-state index in [0.717, 1.165) is 44.5 Å². The first-order chi connectivity index (χ1) is 21.0. The van der Waals surface area contributed by atoms with Crippen molar-refractivity contribution in [1.82, 2.24) is 0 Å². The molecule has 0 aliphatic heterocycles. The summed E-state index contributed by atoms with van der Waals surface area (Å²) in [5, 5.41) is 19.6. The number of hydrogen-bond acceptors (Lipinski definition) is 2. The molecule has 0 spiro atoms. The highest BCUT2D eigenvalue weighted by Crippen LogP contribution is 2.51. The first-order valence-electron chi connectivity index (χ1n) is 14.5. The molecule has 0 amide bonds. The van der Waals surface area contributed by atoms with Crippen molar-refractivity contribution in [3.8, 4) is 67.8 Å². The van der Waals surface area contributed by atoms with E-state index in [0.29, 0.717) is 11.1 Å². The van der Waals surface area contributed by atoms with Crippen molar-refractivity contribution in [2.75, 3.05) is 0 Å². The molecule has 1 aliphatic carbocycles. The van der Waals surface area contributed by atoms with Gasteiger partial charge in [-0.2, -0.15) is 10.5 Å². The van der Waals surface area contributed by atoms with Gasteiger partial charge in [-0.25, -0.2) is 0 Å². The van der Waals surface area contributed by atoms with Crippen molar-refractivity contribution >= 4 is 0 Å². The van der Waals surface area contributed by atoms with Crippen molar-refractivity contribution < 1.29 is 0 Å². The maximum Gasteiger partial charge on any atom is 0.100 e. The Morgan fingerprint density at radius 1 is 0.419 bits per heavy atom. The van der Waals surface area contributed by atoms with Crippen LogP contribution in [0.1, 0.15) is 36.1 Å². The van der Waals surface area contributed by atoms with Crippen molar-refractivity contribution in [2.24, 2.45) is 0 Å². The molecule has 0 radical (unpaired) electrons. The fourth-order valence-electron chi connectivity index (χ4n) is 6.45. The maximum atomic E-state index is 10.3. The Morgan fingerprint density at radius 2 is 0.884 bits per heavy atom. The Bertz CT molecular complexity index is 2030. The molecular formula is C41H28N2.